The van der Waals surface area contributed by atoms with Crippen LogP contribution in [0.25, 0.3) is 0 Å². The molecule has 0 radical (unpaired) electrons. The third-order valence-corrected chi connectivity index (χ3v) is 2.51. The zero-order valence-corrected chi connectivity index (χ0v) is 9.81. The van der Waals surface area contributed by atoms with Gasteiger partial charge in [-0.2, -0.15) is 5.10 Å². The highest BCUT2D eigenvalue weighted by atomic mass is 35.6. The van der Waals surface area contributed by atoms with E-state index in [0.717, 1.165) is 13.1 Å². The van der Waals surface area contributed by atoms with Gasteiger partial charge < -0.3 is 4.90 Å². The summed E-state index contributed by atoms with van der Waals surface area (Å²) >= 11 is 17.6. The molecule has 0 aromatic rings. The summed E-state index contributed by atoms with van der Waals surface area (Å²) in [6, 6.07) is 0. The highest BCUT2D eigenvalue weighted by Crippen LogP contribution is 2.36. The Morgan fingerprint density at radius 2 is 1.92 bits per heavy atom. The zero-order chi connectivity index (χ0) is 10.1. The number of hydrogen-bond acceptors (Lipinski definition) is 3. The lowest BCUT2D eigenvalue weighted by Gasteiger charge is -2.33. The maximum absolute atomic E-state index is 5.85. The first-order valence-electron chi connectivity index (χ1n) is 4.14. The van der Waals surface area contributed by atoms with Gasteiger partial charge in [-0.3, -0.25) is 5.01 Å². The summed E-state index contributed by atoms with van der Waals surface area (Å²) < 4.78 is -1.33. The molecule has 1 atom stereocenters. The van der Waals surface area contributed by atoms with Crippen molar-refractivity contribution in [1.82, 2.24) is 9.91 Å². The van der Waals surface area contributed by atoms with Crippen LogP contribution in [0.4, 0.5) is 0 Å². The van der Waals surface area contributed by atoms with E-state index in [9.17, 15) is 0 Å². The normalized spacial score (nSPS) is 23.0. The molecule has 0 bridgehead atoms. The van der Waals surface area contributed by atoms with Crippen molar-refractivity contribution in [1.29, 1.82) is 0 Å². The van der Waals surface area contributed by atoms with Crippen molar-refractivity contribution in [2.24, 2.45) is 5.10 Å². The SMILES string of the molecule is CCN1C=NN(CC)C1C(Cl)(Cl)Cl. The van der Waals surface area contributed by atoms with Crippen LogP contribution in [0.3, 0.4) is 0 Å². The van der Waals surface area contributed by atoms with E-state index in [4.69, 9.17) is 34.8 Å². The molecule has 0 amide bonds. The van der Waals surface area contributed by atoms with Crippen molar-refractivity contribution >= 4 is 41.1 Å². The quantitative estimate of drug-likeness (QED) is 0.694. The monoisotopic (exact) mass is 243 g/mol. The van der Waals surface area contributed by atoms with Gasteiger partial charge >= 0.3 is 0 Å². The lowest BCUT2D eigenvalue weighted by Crippen LogP contribution is -2.48. The van der Waals surface area contributed by atoms with E-state index >= 15 is 0 Å². The van der Waals surface area contributed by atoms with Crippen molar-refractivity contribution in [2.75, 3.05) is 13.1 Å². The Morgan fingerprint density at radius 1 is 1.31 bits per heavy atom. The Balaban J connectivity index is 2.78. The molecule has 13 heavy (non-hydrogen) atoms. The van der Waals surface area contributed by atoms with E-state index in [1.54, 1.807) is 11.3 Å². The van der Waals surface area contributed by atoms with Gasteiger partial charge in [0.2, 0.25) is 3.79 Å². The molecule has 3 nitrogen and oxygen atoms in total. The minimum Gasteiger partial charge on any atom is -0.336 e. The number of hydrazone groups is 1. The first-order chi connectivity index (χ1) is 6.00. The average Bonchev–Trinajstić information content (AvgIpc) is 2.45. The minimum absolute atomic E-state index is 0.285. The first-order valence-corrected chi connectivity index (χ1v) is 5.27. The molecule has 1 aliphatic rings. The van der Waals surface area contributed by atoms with E-state index in [-0.39, 0.29) is 6.17 Å². The van der Waals surface area contributed by atoms with Crippen molar-refractivity contribution in [3.05, 3.63) is 0 Å². The molecule has 1 unspecified atom stereocenters. The standard InChI is InChI=1S/C7H12Cl3N3/c1-3-12-5-11-13(4-2)6(12)7(8,9)10/h5-6H,3-4H2,1-2H3. The number of alkyl halides is 3. The van der Waals surface area contributed by atoms with Gasteiger partial charge in [-0.15, -0.1) is 0 Å². The number of hydrogen-bond donors (Lipinski definition) is 0. The minimum atomic E-state index is -1.33. The Labute approximate surface area is 93.2 Å². The van der Waals surface area contributed by atoms with Crippen molar-refractivity contribution < 1.29 is 0 Å². The molecule has 0 N–H and O–H groups in total. The van der Waals surface area contributed by atoms with Gasteiger partial charge in [-0.05, 0) is 13.8 Å². The molecule has 0 saturated carbocycles. The predicted molar refractivity (Wildman–Crippen MR) is 57.3 cm³/mol. The van der Waals surface area contributed by atoms with Crippen LogP contribution in [-0.2, 0) is 0 Å². The van der Waals surface area contributed by atoms with Crippen LogP contribution in [0.2, 0.25) is 0 Å². The maximum Gasteiger partial charge on any atom is 0.230 e. The molecule has 0 aromatic carbocycles. The van der Waals surface area contributed by atoms with Gasteiger partial charge in [0.25, 0.3) is 0 Å². The van der Waals surface area contributed by atoms with Crippen LogP contribution < -0.4 is 0 Å². The van der Waals surface area contributed by atoms with Gasteiger partial charge in [0.05, 0.1) is 0 Å². The second-order valence-electron chi connectivity index (χ2n) is 2.73. The molecule has 0 spiro atoms. The Kier molecular flexibility index (Phi) is 3.55. The van der Waals surface area contributed by atoms with E-state index in [1.165, 1.54) is 0 Å². The third-order valence-electron chi connectivity index (χ3n) is 1.93. The van der Waals surface area contributed by atoms with Gasteiger partial charge in [0.1, 0.15) is 6.34 Å². The Morgan fingerprint density at radius 3 is 2.31 bits per heavy atom. The molecule has 0 fully saturated rings. The molecule has 76 valence electrons. The van der Waals surface area contributed by atoms with E-state index in [1.807, 2.05) is 18.7 Å². The fraction of sp³-hybridized carbons (Fsp3) is 0.857. The predicted octanol–water partition coefficient (Wildman–Crippen LogP) is 2.28. The largest absolute Gasteiger partial charge is 0.336 e. The van der Waals surface area contributed by atoms with Crippen molar-refractivity contribution in [3.8, 4) is 0 Å². The topological polar surface area (TPSA) is 18.8 Å². The molecule has 0 saturated heterocycles. The summed E-state index contributed by atoms with van der Waals surface area (Å²) in [4.78, 5) is 1.90. The van der Waals surface area contributed by atoms with Crippen LogP contribution >= 0.6 is 34.8 Å². The van der Waals surface area contributed by atoms with E-state index < -0.39 is 3.79 Å². The molecular weight excluding hydrogens is 232 g/mol. The molecular formula is C7H12Cl3N3. The third kappa shape index (κ3) is 2.33. The zero-order valence-electron chi connectivity index (χ0n) is 7.54. The van der Waals surface area contributed by atoms with E-state index in [2.05, 4.69) is 5.10 Å². The highest BCUT2D eigenvalue weighted by Gasteiger charge is 2.42. The summed E-state index contributed by atoms with van der Waals surface area (Å²) in [7, 11) is 0. The number of nitrogens with zero attached hydrogens (tertiary/aromatic N) is 3. The van der Waals surface area contributed by atoms with Crippen LogP contribution in [0, 0.1) is 0 Å². The Hall–Kier alpha value is 0.140. The maximum atomic E-state index is 5.85. The van der Waals surface area contributed by atoms with Crippen molar-refractivity contribution in [3.63, 3.8) is 0 Å². The molecule has 1 aliphatic heterocycles. The van der Waals surface area contributed by atoms with Gasteiger partial charge in [0, 0.05) is 13.1 Å². The van der Waals surface area contributed by atoms with Gasteiger partial charge in [0.15, 0.2) is 6.17 Å². The lowest BCUT2D eigenvalue weighted by molar-refractivity contribution is 0.144. The summed E-state index contributed by atoms with van der Waals surface area (Å²) in [6.45, 7) is 5.47. The van der Waals surface area contributed by atoms with E-state index in [0.29, 0.717) is 0 Å². The van der Waals surface area contributed by atoms with Crippen LogP contribution in [-0.4, -0.2) is 39.3 Å². The fourth-order valence-electron chi connectivity index (χ4n) is 1.30. The Bertz CT molecular complexity index is 188. The van der Waals surface area contributed by atoms with Crippen LogP contribution in [0.5, 0.6) is 0 Å². The molecule has 0 aliphatic carbocycles. The average molecular weight is 245 g/mol. The van der Waals surface area contributed by atoms with Crippen molar-refractivity contribution in [2.45, 2.75) is 23.8 Å². The summed E-state index contributed by atoms with van der Waals surface area (Å²) in [5.41, 5.74) is 0. The molecule has 1 heterocycles. The fourth-order valence-corrected chi connectivity index (χ4v) is 2.01. The van der Waals surface area contributed by atoms with Crippen LogP contribution in [0.15, 0.2) is 5.10 Å². The lowest BCUT2D eigenvalue weighted by atomic mass is 10.4. The summed E-state index contributed by atoms with van der Waals surface area (Å²) in [5, 5.41) is 5.90. The summed E-state index contributed by atoms with van der Waals surface area (Å²) in [6.07, 6.45) is 1.42. The first kappa shape index (κ1) is 11.2. The molecule has 6 heteroatoms. The second kappa shape index (κ2) is 4.11. The molecule has 0 aromatic heterocycles. The van der Waals surface area contributed by atoms with Gasteiger partial charge in [-0.25, -0.2) is 0 Å². The smallest absolute Gasteiger partial charge is 0.230 e. The van der Waals surface area contributed by atoms with Gasteiger partial charge in [-0.1, -0.05) is 34.8 Å². The van der Waals surface area contributed by atoms with Crippen LogP contribution in [0.1, 0.15) is 13.8 Å². The number of rotatable bonds is 2. The highest BCUT2D eigenvalue weighted by molar-refractivity contribution is 6.68. The number of halogens is 3. The second-order valence-corrected chi connectivity index (χ2v) is 5.10. The summed E-state index contributed by atoms with van der Waals surface area (Å²) in [5.74, 6) is 0. The molecule has 1 rings (SSSR count).